The highest BCUT2D eigenvalue weighted by Gasteiger charge is 2.26. The highest BCUT2D eigenvalue weighted by Crippen LogP contribution is 2.24. The summed E-state index contributed by atoms with van der Waals surface area (Å²) in [5.74, 6) is 0.330. The van der Waals surface area contributed by atoms with E-state index in [1.165, 1.54) is 28.8 Å². The lowest BCUT2D eigenvalue weighted by Gasteiger charge is -2.12. The predicted octanol–water partition coefficient (Wildman–Crippen LogP) is 1.08. The maximum Gasteiger partial charge on any atom is 0.239 e. The van der Waals surface area contributed by atoms with Crippen molar-refractivity contribution < 1.29 is 13.2 Å². The number of nitrogens with two attached hydrogens (primary N) is 1. The van der Waals surface area contributed by atoms with Gasteiger partial charge in [-0.2, -0.15) is 0 Å². The predicted molar refractivity (Wildman–Crippen MR) is 79.3 cm³/mol. The number of rotatable bonds is 4. The number of sulfonamides is 1. The van der Waals surface area contributed by atoms with Crippen molar-refractivity contribution in [2.45, 2.75) is 4.90 Å². The summed E-state index contributed by atoms with van der Waals surface area (Å²) in [5, 5.41) is 5.60. The molecule has 1 amide bonds. The molecule has 0 atom stereocenters. The van der Waals surface area contributed by atoms with Gasteiger partial charge in [-0.1, -0.05) is 17.8 Å². The van der Waals surface area contributed by atoms with Gasteiger partial charge < -0.3 is 0 Å². The smallest absolute Gasteiger partial charge is 0.239 e. The van der Waals surface area contributed by atoms with E-state index in [4.69, 9.17) is 5.14 Å². The van der Waals surface area contributed by atoms with E-state index in [1.807, 2.05) is 0 Å². The van der Waals surface area contributed by atoms with E-state index in [0.29, 0.717) is 23.2 Å². The van der Waals surface area contributed by atoms with Gasteiger partial charge in [0.05, 0.1) is 16.3 Å². The second-order valence-corrected chi connectivity index (χ2v) is 6.52. The van der Waals surface area contributed by atoms with Crippen molar-refractivity contribution in [2.75, 3.05) is 12.3 Å². The van der Waals surface area contributed by atoms with Gasteiger partial charge in [-0.25, -0.2) is 18.5 Å². The van der Waals surface area contributed by atoms with Crippen LogP contribution in [0.4, 0.5) is 5.69 Å². The number of thioether (sulfide) groups is 1. The number of carbonyl (C=O) groups excluding carboxylic acids is 1. The first-order valence-electron chi connectivity index (χ1n) is 5.67. The Balaban J connectivity index is 2.26. The van der Waals surface area contributed by atoms with Gasteiger partial charge >= 0.3 is 0 Å². The van der Waals surface area contributed by atoms with E-state index in [0.717, 1.165) is 0 Å². The van der Waals surface area contributed by atoms with Gasteiger partial charge in [0.15, 0.2) is 5.17 Å². The monoisotopic (exact) mass is 311 g/mol. The minimum absolute atomic E-state index is 0.0187. The van der Waals surface area contributed by atoms with Crippen molar-refractivity contribution in [3.05, 3.63) is 36.9 Å². The molecule has 0 aromatic heterocycles. The van der Waals surface area contributed by atoms with Gasteiger partial charge in [0.2, 0.25) is 15.9 Å². The van der Waals surface area contributed by atoms with Crippen molar-refractivity contribution in [1.29, 1.82) is 0 Å². The normalized spacial score (nSPS) is 17.8. The zero-order valence-electron chi connectivity index (χ0n) is 10.5. The Hall–Kier alpha value is -1.64. The van der Waals surface area contributed by atoms with Crippen LogP contribution in [0, 0.1) is 0 Å². The van der Waals surface area contributed by atoms with Crippen molar-refractivity contribution in [3.63, 3.8) is 0 Å². The fourth-order valence-electron chi connectivity index (χ4n) is 1.61. The Kier molecular flexibility index (Phi) is 4.26. The van der Waals surface area contributed by atoms with Crippen molar-refractivity contribution in [3.8, 4) is 0 Å². The summed E-state index contributed by atoms with van der Waals surface area (Å²) in [6.07, 6.45) is 1.63. The molecule has 8 heteroatoms. The Bertz CT molecular complexity index is 666. The first-order valence-corrected chi connectivity index (χ1v) is 8.20. The Labute approximate surface area is 121 Å². The molecule has 1 fully saturated rings. The molecule has 0 radical (unpaired) electrons. The van der Waals surface area contributed by atoms with Gasteiger partial charge in [0.25, 0.3) is 0 Å². The molecule has 20 heavy (non-hydrogen) atoms. The van der Waals surface area contributed by atoms with E-state index < -0.39 is 10.0 Å². The first kappa shape index (κ1) is 14.8. The highest BCUT2D eigenvalue weighted by atomic mass is 32.2. The second-order valence-electron chi connectivity index (χ2n) is 4.01. The average molecular weight is 311 g/mol. The standard InChI is InChI=1S/C12H13N3O3S2/c1-2-7-15-11(16)8-19-12(15)14-9-3-5-10(6-4-9)20(13,17)18/h2-6H,1,7-8H2,(H2,13,17,18). The van der Waals surface area contributed by atoms with Crippen LogP contribution >= 0.6 is 11.8 Å². The maximum atomic E-state index is 11.6. The third kappa shape index (κ3) is 3.27. The summed E-state index contributed by atoms with van der Waals surface area (Å²) in [5.41, 5.74) is 0.559. The van der Waals surface area contributed by atoms with Crippen LogP contribution in [0.2, 0.25) is 0 Å². The Morgan fingerprint density at radius 3 is 2.60 bits per heavy atom. The second kappa shape index (κ2) is 5.78. The van der Waals surface area contributed by atoms with Crippen molar-refractivity contribution >= 4 is 38.5 Å². The van der Waals surface area contributed by atoms with Crippen LogP contribution in [-0.2, 0) is 14.8 Å². The number of aliphatic imine (C=N–C) groups is 1. The summed E-state index contributed by atoms with van der Waals surface area (Å²) < 4.78 is 22.3. The zero-order chi connectivity index (χ0) is 14.8. The summed E-state index contributed by atoms with van der Waals surface area (Å²) in [6.45, 7) is 4.00. The summed E-state index contributed by atoms with van der Waals surface area (Å²) in [4.78, 5) is 17.5. The van der Waals surface area contributed by atoms with Crippen LogP contribution in [0.5, 0.6) is 0 Å². The zero-order valence-corrected chi connectivity index (χ0v) is 12.2. The van der Waals surface area contributed by atoms with Gasteiger partial charge in [-0.3, -0.25) is 9.69 Å². The average Bonchev–Trinajstić information content (AvgIpc) is 2.72. The largest absolute Gasteiger partial charge is 0.287 e. The van der Waals surface area contributed by atoms with Crippen LogP contribution < -0.4 is 5.14 Å². The number of benzene rings is 1. The number of amides is 1. The number of hydrogen-bond donors (Lipinski definition) is 1. The highest BCUT2D eigenvalue weighted by molar-refractivity contribution is 8.15. The molecule has 0 spiro atoms. The lowest BCUT2D eigenvalue weighted by atomic mass is 10.3. The van der Waals surface area contributed by atoms with Gasteiger partial charge in [-0.15, -0.1) is 6.58 Å². The molecule has 6 nitrogen and oxygen atoms in total. The summed E-state index contributed by atoms with van der Waals surface area (Å²) in [7, 11) is -3.71. The quantitative estimate of drug-likeness (QED) is 0.842. The van der Waals surface area contributed by atoms with Crippen LogP contribution in [0.25, 0.3) is 0 Å². The molecule has 1 aromatic carbocycles. The number of hydrogen-bond acceptors (Lipinski definition) is 5. The molecule has 0 aliphatic carbocycles. The van der Waals surface area contributed by atoms with Crippen LogP contribution in [0.1, 0.15) is 0 Å². The molecule has 1 aliphatic rings. The Morgan fingerprint density at radius 2 is 2.05 bits per heavy atom. The van der Waals surface area contributed by atoms with Gasteiger partial charge in [0, 0.05) is 6.54 Å². The van der Waals surface area contributed by atoms with Gasteiger partial charge in [0.1, 0.15) is 0 Å². The van der Waals surface area contributed by atoms with Crippen molar-refractivity contribution in [1.82, 2.24) is 4.90 Å². The van der Waals surface area contributed by atoms with E-state index in [-0.39, 0.29) is 10.8 Å². The molecule has 1 heterocycles. The molecule has 2 rings (SSSR count). The molecule has 2 N–H and O–H groups in total. The van der Waals surface area contributed by atoms with E-state index >= 15 is 0 Å². The number of nitrogens with zero attached hydrogens (tertiary/aromatic N) is 2. The molecule has 1 aliphatic heterocycles. The van der Waals surface area contributed by atoms with E-state index in [1.54, 1.807) is 18.2 Å². The number of amidine groups is 1. The van der Waals surface area contributed by atoms with Crippen LogP contribution in [0.15, 0.2) is 46.8 Å². The third-order valence-corrected chi connectivity index (χ3v) is 4.45. The van der Waals surface area contributed by atoms with E-state index in [2.05, 4.69) is 11.6 Å². The molecular weight excluding hydrogens is 298 g/mol. The van der Waals surface area contributed by atoms with Crippen LogP contribution in [-0.4, -0.2) is 36.7 Å². The van der Waals surface area contributed by atoms with Crippen molar-refractivity contribution in [2.24, 2.45) is 10.1 Å². The summed E-state index contributed by atoms with van der Waals surface area (Å²) >= 11 is 1.34. The lowest BCUT2D eigenvalue weighted by molar-refractivity contribution is -0.123. The molecule has 0 saturated carbocycles. The number of carbonyl (C=O) groups is 1. The maximum absolute atomic E-state index is 11.6. The molecule has 1 saturated heterocycles. The molecular formula is C12H13N3O3S2. The molecule has 0 bridgehead atoms. The SMILES string of the molecule is C=CCN1C(=O)CSC1=Nc1ccc(S(N)(=O)=O)cc1. The van der Waals surface area contributed by atoms with E-state index in [9.17, 15) is 13.2 Å². The summed E-state index contributed by atoms with van der Waals surface area (Å²) in [6, 6.07) is 5.85. The lowest BCUT2D eigenvalue weighted by Crippen LogP contribution is -2.29. The first-order chi connectivity index (χ1) is 9.41. The molecule has 1 aromatic rings. The molecule has 106 valence electrons. The Morgan fingerprint density at radius 1 is 1.40 bits per heavy atom. The fourth-order valence-corrected chi connectivity index (χ4v) is 3.04. The third-order valence-electron chi connectivity index (χ3n) is 2.56. The minimum atomic E-state index is -3.71. The number of primary sulfonamides is 1. The fraction of sp³-hybridized carbons (Fsp3) is 0.167. The molecule has 0 unspecified atom stereocenters. The minimum Gasteiger partial charge on any atom is -0.287 e. The topological polar surface area (TPSA) is 92.8 Å². The van der Waals surface area contributed by atoms with Gasteiger partial charge in [-0.05, 0) is 24.3 Å². The van der Waals surface area contributed by atoms with Crippen LogP contribution in [0.3, 0.4) is 0 Å².